The average molecular weight is 205 g/mol. The number of rotatable bonds is 2. The van der Waals surface area contributed by atoms with E-state index in [0.29, 0.717) is 5.25 Å². The van der Waals surface area contributed by atoms with Crippen LogP contribution in [-0.2, 0) is 0 Å². The lowest BCUT2D eigenvalue weighted by atomic mass is 10.6. The number of fused-ring (bicyclic) bond motifs is 1. The Balaban J connectivity index is 0.000000980. The quantitative estimate of drug-likeness (QED) is 0.458. The molecule has 2 rings (SSSR count). The number of nitrogens with one attached hydrogen (secondary N) is 1. The fourth-order valence-corrected chi connectivity index (χ4v) is 1.88. The predicted octanol–water partition coefficient (Wildman–Crippen LogP) is 1.47. The van der Waals surface area contributed by atoms with Gasteiger partial charge in [0.15, 0.2) is 5.65 Å². The molecule has 0 saturated heterocycles. The molecule has 3 radical (unpaired) electrons. The van der Waals surface area contributed by atoms with Crippen molar-refractivity contribution in [1.82, 2.24) is 19.9 Å². The van der Waals surface area contributed by atoms with Crippen LogP contribution in [-0.4, -0.2) is 33.6 Å². The molecule has 0 spiro atoms. The number of aromatic amines is 1. The van der Waals surface area contributed by atoms with Gasteiger partial charge in [-0.15, -0.1) is 11.8 Å². The number of aromatic nitrogens is 4. The minimum atomic E-state index is 0. The maximum atomic E-state index is 4.20. The van der Waals surface area contributed by atoms with Gasteiger partial charge in [0, 0.05) is 13.7 Å². The third kappa shape index (κ3) is 2.06. The molecule has 0 saturated carbocycles. The Bertz CT molecular complexity index is 414. The van der Waals surface area contributed by atoms with E-state index in [-0.39, 0.29) is 8.41 Å². The van der Waals surface area contributed by atoms with Crippen LogP contribution in [0.25, 0.3) is 11.2 Å². The van der Waals surface area contributed by atoms with Crippen LogP contribution in [0.3, 0.4) is 0 Å². The molecule has 0 aliphatic heterocycles. The van der Waals surface area contributed by atoms with E-state index in [2.05, 4.69) is 33.8 Å². The number of imidazole rings is 1. The second-order valence-corrected chi connectivity index (χ2v) is 4.51. The van der Waals surface area contributed by atoms with E-state index in [9.17, 15) is 0 Å². The van der Waals surface area contributed by atoms with Crippen LogP contribution in [0.1, 0.15) is 13.8 Å². The van der Waals surface area contributed by atoms with Crippen LogP contribution >= 0.6 is 11.8 Å². The van der Waals surface area contributed by atoms with Gasteiger partial charge < -0.3 is 4.98 Å². The monoisotopic (exact) mass is 205 g/mol. The number of H-pyrrole nitrogens is 1. The highest BCUT2D eigenvalue weighted by molar-refractivity contribution is 8.00. The smallest absolute Gasteiger partial charge is 0.181 e. The second kappa shape index (κ2) is 4.46. The van der Waals surface area contributed by atoms with Crippen LogP contribution in [0.2, 0.25) is 0 Å². The molecule has 2 aromatic heterocycles. The highest BCUT2D eigenvalue weighted by atomic mass is 32.2. The molecule has 0 fully saturated rings. The Labute approximate surface area is 88.5 Å². The molecule has 0 amide bonds. The highest BCUT2D eigenvalue weighted by Gasteiger charge is 2.07. The van der Waals surface area contributed by atoms with Gasteiger partial charge in [0.05, 0.1) is 6.33 Å². The molecule has 0 unspecified atom stereocenters. The van der Waals surface area contributed by atoms with Crippen molar-refractivity contribution in [2.24, 2.45) is 0 Å². The fraction of sp³-hybridized carbons (Fsp3) is 0.375. The molecule has 0 bridgehead atoms. The van der Waals surface area contributed by atoms with Crippen molar-refractivity contribution >= 4 is 31.3 Å². The van der Waals surface area contributed by atoms with Gasteiger partial charge in [0.2, 0.25) is 0 Å². The molecule has 0 atom stereocenters. The third-order valence-corrected chi connectivity index (χ3v) is 2.54. The second-order valence-electron chi connectivity index (χ2n) is 2.95. The molecular formula is C8H10BN4S. The van der Waals surface area contributed by atoms with Gasteiger partial charge in [-0.1, -0.05) is 13.8 Å². The zero-order chi connectivity index (χ0) is 9.26. The van der Waals surface area contributed by atoms with E-state index in [1.807, 2.05) is 0 Å². The van der Waals surface area contributed by atoms with Gasteiger partial charge in [0.25, 0.3) is 0 Å². The molecule has 0 aliphatic carbocycles. The van der Waals surface area contributed by atoms with Gasteiger partial charge >= 0.3 is 0 Å². The lowest BCUT2D eigenvalue weighted by molar-refractivity contribution is 1.05. The van der Waals surface area contributed by atoms with Gasteiger partial charge in [-0.2, -0.15) is 0 Å². The lowest BCUT2D eigenvalue weighted by Crippen LogP contribution is -1.91. The first kappa shape index (κ1) is 11.0. The van der Waals surface area contributed by atoms with Crippen molar-refractivity contribution in [2.75, 3.05) is 0 Å². The standard InChI is InChI=1S/C8H10N4S.B/c1-5(2)13-8-6-7(10-3-9-6)11-4-12-8;/h3-5H,1-2H3,(H,9,10,11,12);. The van der Waals surface area contributed by atoms with Crippen LogP contribution in [0.4, 0.5) is 0 Å². The van der Waals surface area contributed by atoms with Crippen molar-refractivity contribution in [1.29, 1.82) is 0 Å². The van der Waals surface area contributed by atoms with Crippen molar-refractivity contribution < 1.29 is 0 Å². The van der Waals surface area contributed by atoms with E-state index in [4.69, 9.17) is 0 Å². The minimum absolute atomic E-state index is 0. The number of thioether (sulfide) groups is 1. The summed E-state index contributed by atoms with van der Waals surface area (Å²) >= 11 is 1.71. The third-order valence-electron chi connectivity index (χ3n) is 1.54. The lowest BCUT2D eigenvalue weighted by Gasteiger charge is -2.02. The minimum Gasteiger partial charge on any atom is -0.341 e. The summed E-state index contributed by atoms with van der Waals surface area (Å²) in [6.07, 6.45) is 3.19. The first-order valence-electron chi connectivity index (χ1n) is 4.08. The number of hydrogen-bond donors (Lipinski definition) is 1. The molecule has 6 heteroatoms. The van der Waals surface area contributed by atoms with Crippen molar-refractivity contribution in [3.8, 4) is 0 Å². The number of nitrogens with zero attached hydrogens (tertiary/aromatic N) is 3. The van der Waals surface area contributed by atoms with E-state index < -0.39 is 0 Å². The molecular weight excluding hydrogens is 195 g/mol. The Kier molecular flexibility index (Phi) is 3.52. The van der Waals surface area contributed by atoms with E-state index in [1.165, 1.54) is 0 Å². The molecule has 0 aromatic carbocycles. The highest BCUT2D eigenvalue weighted by Crippen LogP contribution is 2.25. The summed E-state index contributed by atoms with van der Waals surface area (Å²) in [4.78, 5) is 15.3. The van der Waals surface area contributed by atoms with Crippen LogP contribution in [0.15, 0.2) is 17.7 Å². The summed E-state index contributed by atoms with van der Waals surface area (Å²) in [6, 6.07) is 0. The first-order chi connectivity index (χ1) is 6.27. The van der Waals surface area contributed by atoms with E-state index >= 15 is 0 Å². The summed E-state index contributed by atoms with van der Waals surface area (Å²) in [5, 5.41) is 1.49. The molecule has 2 heterocycles. The van der Waals surface area contributed by atoms with Gasteiger partial charge in [0.1, 0.15) is 16.9 Å². The summed E-state index contributed by atoms with van der Waals surface area (Å²) in [7, 11) is 0. The van der Waals surface area contributed by atoms with Crippen molar-refractivity contribution in [2.45, 2.75) is 24.1 Å². The number of hydrogen-bond acceptors (Lipinski definition) is 4. The molecule has 2 aromatic rings. The Morgan fingerprint density at radius 1 is 1.29 bits per heavy atom. The Morgan fingerprint density at radius 3 is 2.79 bits per heavy atom. The molecule has 4 nitrogen and oxygen atoms in total. The molecule has 71 valence electrons. The van der Waals surface area contributed by atoms with Gasteiger partial charge in [-0.25, -0.2) is 15.0 Å². The van der Waals surface area contributed by atoms with Crippen LogP contribution in [0.5, 0.6) is 0 Å². The maximum absolute atomic E-state index is 4.20. The van der Waals surface area contributed by atoms with Gasteiger partial charge in [-0.05, 0) is 0 Å². The van der Waals surface area contributed by atoms with E-state index in [1.54, 1.807) is 24.4 Å². The van der Waals surface area contributed by atoms with Crippen molar-refractivity contribution in [3.05, 3.63) is 12.7 Å². The average Bonchev–Trinajstić information content (AvgIpc) is 2.51. The molecule has 1 N–H and O–H groups in total. The first-order valence-corrected chi connectivity index (χ1v) is 4.96. The fourth-order valence-electron chi connectivity index (χ4n) is 1.06. The Hall–Kier alpha value is -1.04. The predicted molar refractivity (Wildman–Crippen MR) is 58.4 cm³/mol. The van der Waals surface area contributed by atoms with Crippen LogP contribution in [0, 0.1) is 0 Å². The normalized spacial score (nSPS) is 10.5. The van der Waals surface area contributed by atoms with Crippen LogP contribution < -0.4 is 0 Å². The summed E-state index contributed by atoms with van der Waals surface area (Å²) in [6.45, 7) is 4.27. The zero-order valence-corrected chi connectivity index (χ0v) is 8.88. The Morgan fingerprint density at radius 2 is 2.07 bits per heavy atom. The SMILES string of the molecule is CC(C)Sc1ncnc2nc[nH]c12.[B]. The largest absolute Gasteiger partial charge is 0.341 e. The maximum Gasteiger partial charge on any atom is 0.181 e. The van der Waals surface area contributed by atoms with Crippen molar-refractivity contribution in [3.63, 3.8) is 0 Å². The summed E-state index contributed by atoms with van der Waals surface area (Å²) < 4.78 is 0. The zero-order valence-electron chi connectivity index (χ0n) is 8.06. The topological polar surface area (TPSA) is 54.5 Å². The van der Waals surface area contributed by atoms with Gasteiger partial charge in [-0.3, -0.25) is 0 Å². The summed E-state index contributed by atoms with van der Waals surface area (Å²) in [5.74, 6) is 0. The molecule has 14 heavy (non-hydrogen) atoms. The van der Waals surface area contributed by atoms with E-state index in [0.717, 1.165) is 16.2 Å². The summed E-state index contributed by atoms with van der Waals surface area (Å²) in [5.41, 5.74) is 1.67. The molecule has 0 aliphatic rings.